The molecule has 112 valence electrons. The first-order valence-electron chi connectivity index (χ1n) is 6.36. The smallest absolute Gasteiger partial charge is 0.416 e. The Labute approximate surface area is 120 Å². The van der Waals surface area contributed by atoms with E-state index < -0.39 is 11.7 Å². The van der Waals surface area contributed by atoms with E-state index in [1.807, 2.05) is 6.92 Å². The van der Waals surface area contributed by atoms with E-state index >= 15 is 0 Å². The lowest BCUT2D eigenvalue weighted by atomic mass is 10.1. The van der Waals surface area contributed by atoms with Crippen LogP contribution in [0.2, 0.25) is 0 Å². The van der Waals surface area contributed by atoms with Gasteiger partial charge in [-0.05, 0) is 31.2 Å². The Balaban J connectivity index is 2.32. The van der Waals surface area contributed by atoms with E-state index in [1.54, 1.807) is 7.05 Å². The van der Waals surface area contributed by atoms with Gasteiger partial charge < -0.3 is 9.32 Å². The third-order valence-corrected chi connectivity index (χ3v) is 3.11. The van der Waals surface area contributed by atoms with Crippen molar-refractivity contribution in [1.82, 2.24) is 4.90 Å². The molecule has 1 amide bonds. The summed E-state index contributed by atoms with van der Waals surface area (Å²) in [5.74, 6) is 0.0245. The van der Waals surface area contributed by atoms with E-state index in [2.05, 4.69) is 0 Å². The third kappa shape index (κ3) is 3.26. The van der Waals surface area contributed by atoms with Crippen LogP contribution in [0.15, 0.2) is 40.8 Å². The number of carbonyl (C=O) groups is 1. The molecule has 2 aromatic rings. The summed E-state index contributed by atoms with van der Waals surface area (Å²) in [7, 11) is 1.62. The fraction of sp³-hybridized carbons (Fsp3) is 0.267. The second kappa shape index (κ2) is 5.63. The van der Waals surface area contributed by atoms with Gasteiger partial charge in [-0.2, -0.15) is 13.2 Å². The molecule has 0 N–H and O–H groups in total. The fourth-order valence-electron chi connectivity index (χ4n) is 1.79. The Hall–Kier alpha value is -2.24. The maximum atomic E-state index is 12.7. The second-order valence-corrected chi connectivity index (χ2v) is 4.56. The summed E-state index contributed by atoms with van der Waals surface area (Å²) in [4.78, 5) is 13.4. The molecule has 0 bridgehead atoms. The highest BCUT2D eigenvalue weighted by Crippen LogP contribution is 2.32. The predicted molar refractivity (Wildman–Crippen MR) is 71.8 cm³/mol. The van der Waals surface area contributed by atoms with Gasteiger partial charge in [-0.3, -0.25) is 4.79 Å². The van der Waals surface area contributed by atoms with Crippen LogP contribution in [0.3, 0.4) is 0 Å². The zero-order chi connectivity index (χ0) is 15.6. The first-order valence-corrected chi connectivity index (χ1v) is 6.36. The van der Waals surface area contributed by atoms with Crippen molar-refractivity contribution in [3.05, 3.63) is 47.7 Å². The number of alkyl halides is 3. The van der Waals surface area contributed by atoms with E-state index in [9.17, 15) is 18.0 Å². The highest BCUT2D eigenvalue weighted by atomic mass is 19.4. The maximum absolute atomic E-state index is 12.7. The van der Waals surface area contributed by atoms with Gasteiger partial charge in [0.25, 0.3) is 5.91 Å². The zero-order valence-corrected chi connectivity index (χ0v) is 11.6. The summed E-state index contributed by atoms with van der Waals surface area (Å²) in [6.45, 7) is 2.33. The fourth-order valence-corrected chi connectivity index (χ4v) is 1.79. The van der Waals surface area contributed by atoms with Crippen molar-refractivity contribution in [2.45, 2.75) is 13.1 Å². The van der Waals surface area contributed by atoms with Gasteiger partial charge in [0.05, 0.1) is 5.56 Å². The molecule has 2 rings (SSSR count). The van der Waals surface area contributed by atoms with Gasteiger partial charge in [0.15, 0.2) is 5.76 Å². The molecule has 0 aliphatic rings. The van der Waals surface area contributed by atoms with E-state index in [0.29, 0.717) is 6.54 Å². The molecule has 6 heteroatoms. The van der Waals surface area contributed by atoms with Gasteiger partial charge in [-0.15, -0.1) is 0 Å². The van der Waals surface area contributed by atoms with Crippen LogP contribution in [0.4, 0.5) is 13.2 Å². The summed E-state index contributed by atoms with van der Waals surface area (Å²) in [6, 6.07) is 7.75. The molecule has 0 saturated heterocycles. The van der Waals surface area contributed by atoms with Gasteiger partial charge in [0.1, 0.15) is 5.76 Å². The number of rotatable bonds is 3. The molecule has 21 heavy (non-hydrogen) atoms. The number of carbonyl (C=O) groups excluding carboxylic acids is 1. The minimum absolute atomic E-state index is 0.103. The van der Waals surface area contributed by atoms with Gasteiger partial charge >= 0.3 is 6.18 Å². The summed E-state index contributed by atoms with van der Waals surface area (Å²) in [5, 5.41) is 0. The van der Waals surface area contributed by atoms with Crippen molar-refractivity contribution in [2.24, 2.45) is 0 Å². The molecule has 0 atom stereocenters. The van der Waals surface area contributed by atoms with Gasteiger partial charge in [0.2, 0.25) is 0 Å². The number of hydrogen-bond donors (Lipinski definition) is 0. The van der Waals surface area contributed by atoms with Crippen LogP contribution in [-0.2, 0) is 6.18 Å². The summed E-state index contributed by atoms with van der Waals surface area (Å²) >= 11 is 0. The normalized spacial score (nSPS) is 11.5. The Kier molecular flexibility index (Phi) is 4.06. The van der Waals surface area contributed by atoms with E-state index in [1.165, 1.54) is 29.2 Å². The highest BCUT2D eigenvalue weighted by molar-refractivity contribution is 5.91. The third-order valence-electron chi connectivity index (χ3n) is 3.11. The van der Waals surface area contributed by atoms with E-state index in [4.69, 9.17) is 4.42 Å². The SMILES string of the molecule is CCN(C)C(=O)c1ccc(-c2cccc(C(F)(F)F)c2)o1. The summed E-state index contributed by atoms with van der Waals surface area (Å²) in [5.41, 5.74) is -0.474. The molecule has 0 spiro atoms. The minimum atomic E-state index is -4.41. The molecular weight excluding hydrogens is 283 g/mol. The average molecular weight is 297 g/mol. The van der Waals surface area contributed by atoms with Crippen LogP contribution >= 0.6 is 0 Å². The van der Waals surface area contributed by atoms with Crippen LogP contribution in [0, 0.1) is 0 Å². The van der Waals surface area contributed by atoms with Crippen LogP contribution in [0.5, 0.6) is 0 Å². The van der Waals surface area contributed by atoms with Gasteiger partial charge in [-0.25, -0.2) is 0 Å². The lowest BCUT2D eigenvalue weighted by Crippen LogP contribution is -2.25. The molecule has 0 aliphatic carbocycles. The van der Waals surface area contributed by atoms with Crippen molar-refractivity contribution >= 4 is 5.91 Å². The first kappa shape index (κ1) is 15.2. The predicted octanol–water partition coefficient (Wildman–Crippen LogP) is 4.06. The lowest BCUT2D eigenvalue weighted by Gasteiger charge is -2.11. The van der Waals surface area contributed by atoms with Crippen LogP contribution in [-0.4, -0.2) is 24.4 Å². The average Bonchev–Trinajstić information content (AvgIpc) is 2.94. The maximum Gasteiger partial charge on any atom is 0.416 e. The van der Waals surface area contributed by atoms with E-state index in [-0.39, 0.29) is 23.0 Å². The second-order valence-electron chi connectivity index (χ2n) is 4.56. The quantitative estimate of drug-likeness (QED) is 0.856. The summed E-state index contributed by atoms with van der Waals surface area (Å²) < 4.78 is 43.4. The topological polar surface area (TPSA) is 33.5 Å². The lowest BCUT2D eigenvalue weighted by molar-refractivity contribution is -0.137. The molecule has 0 fully saturated rings. The van der Waals surface area contributed by atoms with Crippen molar-refractivity contribution in [2.75, 3.05) is 13.6 Å². The first-order chi connectivity index (χ1) is 9.82. The van der Waals surface area contributed by atoms with Gasteiger partial charge in [0, 0.05) is 19.2 Å². The van der Waals surface area contributed by atoms with Crippen molar-refractivity contribution in [3.8, 4) is 11.3 Å². The Morgan fingerprint density at radius 1 is 1.24 bits per heavy atom. The van der Waals surface area contributed by atoms with Crippen molar-refractivity contribution < 1.29 is 22.4 Å². The molecular formula is C15H14F3NO2. The highest BCUT2D eigenvalue weighted by Gasteiger charge is 2.30. The van der Waals surface area contributed by atoms with Gasteiger partial charge in [-0.1, -0.05) is 12.1 Å². The number of hydrogen-bond acceptors (Lipinski definition) is 2. The molecule has 0 radical (unpaired) electrons. The molecule has 0 unspecified atom stereocenters. The minimum Gasteiger partial charge on any atom is -0.451 e. The Bertz CT molecular complexity index is 646. The molecule has 0 saturated carbocycles. The van der Waals surface area contributed by atoms with Crippen molar-refractivity contribution in [1.29, 1.82) is 0 Å². The van der Waals surface area contributed by atoms with Crippen LogP contribution in [0.1, 0.15) is 23.0 Å². The molecule has 0 aliphatic heterocycles. The zero-order valence-electron chi connectivity index (χ0n) is 11.6. The number of furan rings is 1. The molecule has 1 aromatic heterocycles. The molecule has 1 heterocycles. The summed E-state index contributed by atoms with van der Waals surface area (Å²) in [6.07, 6.45) is -4.41. The Morgan fingerprint density at radius 2 is 1.95 bits per heavy atom. The van der Waals surface area contributed by atoms with Crippen LogP contribution in [0.25, 0.3) is 11.3 Å². The number of halogens is 3. The number of amides is 1. The number of benzene rings is 1. The molecule has 1 aromatic carbocycles. The van der Waals surface area contributed by atoms with Crippen LogP contribution < -0.4 is 0 Å². The largest absolute Gasteiger partial charge is 0.451 e. The van der Waals surface area contributed by atoms with E-state index in [0.717, 1.165) is 12.1 Å². The molecule has 3 nitrogen and oxygen atoms in total. The Morgan fingerprint density at radius 3 is 2.57 bits per heavy atom. The van der Waals surface area contributed by atoms with Crippen molar-refractivity contribution in [3.63, 3.8) is 0 Å². The standard InChI is InChI=1S/C15H14F3NO2/c1-3-19(2)14(20)13-8-7-12(21-13)10-5-4-6-11(9-10)15(16,17)18/h4-9H,3H2,1-2H3. The number of nitrogens with zero attached hydrogens (tertiary/aromatic N) is 1. The monoisotopic (exact) mass is 297 g/mol.